The molecule has 1 aromatic carbocycles. The third kappa shape index (κ3) is 4.55. The van der Waals surface area contributed by atoms with E-state index in [1.807, 2.05) is 16.7 Å². The molecule has 0 spiro atoms. The van der Waals surface area contributed by atoms with E-state index in [9.17, 15) is 4.79 Å². The highest BCUT2D eigenvalue weighted by atomic mass is 35.5. The van der Waals surface area contributed by atoms with Gasteiger partial charge in [-0.25, -0.2) is 0 Å². The van der Waals surface area contributed by atoms with Crippen LogP contribution in [0.4, 0.5) is 5.69 Å². The molecule has 1 amide bonds. The lowest BCUT2D eigenvalue weighted by atomic mass is 10.3. The highest BCUT2D eigenvalue weighted by molar-refractivity contribution is 7.99. The molecule has 0 bridgehead atoms. The standard InChI is InChI=1S/C16H15ClN4O3S/c1-23-14-5-4-11(7-13(14)17)19-15(22)9-25-16-20-18-10-21(16)8-12-3-2-6-24-12/h2-7,10H,8-9H2,1H3,(H,19,22). The molecule has 3 rings (SSSR count). The number of hydrogen-bond donors (Lipinski definition) is 1. The van der Waals surface area contributed by atoms with E-state index < -0.39 is 0 Å². The van der Waals surface area contributed by atoms with Gasteiger partial charge in [-0.3, -0.25) is 4.79 Å². The molecular formula is C16H15ClN4O3S. The second-order valence-corrected chi connectivity index (χ2v) is 6.36. The Labute approximate surface area is 153 Å². The molecule has 3 aromatic rings. The summed E-state index contributed by atoms with van der Waals surface area (Å²) >= 11 is 7.34. The maximum absolute atomic E-state index is 12.1. The second-order valence-electron chi connectivity index (χ2n) is 5.01. The van der Waals surface area contributed by atoms with Crippen molar-refractivity contribution in [3.05, 3.63) is 53.7 Å². The van der Waals surface area contributed by atoms with Crippen LogP contribution in [0.2, 0.25) is 5.02 Å². The number of carbonyl (C=O) groups is 1. The molecule has 2 heterocycles. The smallest absolute Gasteiger partial charge is 0.234 e. The molecule has 0 saturated carbocycles. The largest absolute Gasteiger partial charge is 0.495 e. The molecule has 130 valence electrons. The Kier molecular flexibility index (Phi) is 5.62. The zero-order valence-electron chi connectivity index (χ0n) is 13.3. The number of carbonyl (C=O) groups excluding carboxylic acids is 1. The van der Waals surface area contributed by atoms with E-state index in [1.54, 1.807) is 30.8 Å². The minimum atomic E-state index is -0.168. The Morgan fingerprint density at radius 1 is 1.44 bits per heavy atom. The quantitative estimate of drug-likeness (QED) is 0.635. The van der Waals surface area contributed by atoms with Crippen LogP contribution in [0.25, 0.3) is 0 Å². The molecule has 2 aromatic heterocycles. The van der Waals surface area contributed by atoms with Crippen LogP contribution in [0.1, 0.15) is 5.76 Å². The van der Waals surface area contributed by atoms with Crippen molar-refractivity contribution >= 4 is 35.0 Å². The lowest BCUT2D eigenvalue weighted by Gasteiger charge is -2.08. The third-order valence-electron chi connectivity index (χ3n) is 3.25. The monoisotopic (exact) mass is 378 g/mol. The van der Waals surface area contributed by atoms with Crippen LogP contribution in [0.3, 0.4) is 0 Å². The predicted octanol–water partition coefficient (Wildman–Crippen LogP) is 3.31. The highest BCUT2D eigenvalue weighted by Crippen LogP contribution is 2.27. The minimum absolute atomic E-state index is 0.168. The van der Waals surface area contributed by atoms with Gasteiger partial charge < -0.3 is 19.0 Å². The summed E-state index contributed by atoms with van der Waals surface area (Å²) in [7, 11) is 1.54. The molecule has 0 aliphatic rings. The topological polar surface area (TPSA) is 82.2 Å². The summed E-state index contributed by atoms with van der Waals surface area (Å²) in [6.07, 6.45) is 3.21. The van der Waals surface area contributed by atoms with Crippen LogP contribution in [0.15, 0.2) is 52.5 Å². The number of ether oxygens (including phenoxy) is 1. The number of nitrogens with zero attached hydrogens (tertiary/aromatic N) is 3. The number of hydrogen-bond acceptors (Lipinski definition) is 6. The van der Waals surface area contributed by atoms with Crippen LogP contribution in [0.5, 0.6) is 5.75 Å². The maximum atomic E-state index is 12.1. The normalized spacial score (nSPS) is 10.6. The van der Waals surface area contributed by atoms with Crippen LogP contribution >= 0.6 is 23.4 Å². The average molecular weight is 379 g/mol. The van der Waals surface area contributed by atoms with Crippen LogP contribution < -0.4 is 10.1 Å². The van der Waals surface area contributed by atoms with Crippen molar-refractivity contribution in [3.8, 4) is 5.75 Å². The first-order valence-electron chi connectivity index (χ1n) is 7.32. The van der Waals surface area contributed by atoms with E-state index in [0.29, 0.717) is 28.2 Å². The number of aromatic nitrogens is 3. The Morgan fingerprint density at radius 2 is 2.32 bits per heavy atom. The van der Waals surface area contributed by atoms with Gasteiger partial charge in [0, 0.05) is 5.69 Å². The number of methoxy groups -OCH3 is 1. The van der Waals surface area contributed by atoms with Gasteiger partial charge in [-0.15, -0.1) is 10.2 Å². The van der Waals surface area contributed by atoms with Crippen molar-refractivity contribution in [2.24, 2.45) is 0 Å². The molecule has 0 aliphatic carbocycles. The Morgan fingerprint density at radius 3 is 3.04 bits per heavy atom. The van der Waals surface area contributed by atoms with Crippen LogP contribution in [-0.4, -0.2) is 33.5 Å². The van der Waals surface area contributed by atoms with E-state index in [1.165, 1.54) is 18.9 Å². The van der Waals surface area contributed by atoms with Gasteiger partial charge >= 0.3 is 0 Å². The molecule has 1 N–H and O–H groups in total. The summed E-state index contributed by atoms with van der Waals surface area (Å²) in [5.74, 6) is 1.37. The first-order chi connectivity index (χ1) is 12.2. The van der Waals surface area contributed by atoms with Gasteiger partial charge in [0.05, 0.1) is 30.7 Å². The third-order valence-corrected chi connectivity index (χ3v) is 4.53. The van der Waals surface area contributed by atoms with Gasteiger partial charge in [-0.2, -0.15) is 0 Å². The highest BCUT2D eigenvalue weighted by Gasteiger charge is 2.11. The van der Waals surface area contributed by atoms with Crippen LogP contribution in [-0.2, 0) is 11.3 Å². The van der Waals surface area contributed by atoms with Crippen molar-refractivity contribution in [3.63, 3.8) is 0 Å². The minimum Gasteiger partial charge on any atom is -0.495 e. The van der Waals surface area contributed by atoms with Crippen molar-refractivity contribution in [2.75, 3.05) is 18.2 Å². The SMILES string of the molecule is COc1ccc(NC(=O)CSc2nncn2Cc2ccco2)cc1Cl. The summed E-state index contributed by atoms with van der Waals surface area (Å²) < 4.78 is 12.2. The number of nitrogens with one attached hydrogen (secondary N) is 1. The molecular weight excluding hydrogens is 364 g/mol. The fourth-order valence-corrected chi connectivity index (χ4v) is 3.08. The van der Waals surface area contributed by atoms with Crippen molar-refractivity contribution in [1.29, 1.82) is 0 Å². The summed E-state index contributed by atoms with van der Waals surface area (Å²) in [5.41, 5.74) is 0.605. The summed E-state index contributed by atoms with van der Waals surface area (Å²) in [5, 5.41) is 11.8. The number of rotatable bonds is 7. The van der Waals surface area contributed by atoms with E-state index in [0.717, 1.165) is 5.76 Å². The second kappa shape index (κ2) is 8.09. The average Bonchev–Trinajstić information content (AvgIpc) is 3.26. The molecule has 0 unspecified atom stereocenters. The number of furan rings is 1. The summed E-state index contributed by atoms with van der Waals surface area (Å²) in [6.45, 7) is 0.512. The zero-order chi connectivity index (χ0) is 17.6. The Bertz CT molecular complexity index is 851. The molecule has 7 nitrogen and oxygen atoms in total. The lowest BCUT2D eigenvalue weighted by Crippen LogP contribution is -2.14. The van der Waals surface area contributed by atoms with Crippen molar-refractivity contribution < 1.29 is 13.9 Å². The fourth-order valence-electron chi connectivity index (χ4n) is 2.11. The number of amides is 1. The molecule has 25 heavy (non-hydrogen) atoms. The molecule has 0 saturated heterocycles. The van der Waals surface area contributed by atoms with Gasteiger partial charge in [0.25, 0.3) is 0 Å². The maximum Gasteiger partial charge on any atom is 0.234 e. The molecule has 9 heteroatoms. The lowest BCUT2D eigenvalue weighted by molar-refractivity contribution is -0.113. The van der Waals surface area contributed by atoms with Crippen molar-refractivity contribution in [2.45, 2.75) is 11.7 Å². The van der Waals surface area contributed by atoms with Gasteiger partial charge in [0.1, 0.15) is 17.8 Å². The fraction of sp³-hybridized carbons (Fsp3) is 0.188. The van der Waals surface area contributed by atoms with E-state index >= 15 is 0 Å². The van der Waals surface area contributed by atoms with Crippen LogP contribution in [0, 0.1) is 0 Å². The Balaban J connectivity index is 1.56. The Hall–Kier alpha value is -2.45. The van der Waals surface area contributed by atoms with E-state index in [-0.39, 0.29) is 11.7 Å². The summed E-state index contributed by atoms with van der Waals surface area (Å²) in [4.78, 5) is 12.1. The van der Waals surface area contributed by atoms with E-state index in [2.05, 4.69) is 15.5 Å². The molecule has 0 fully saturated rings. The van der Waals surface area contributed by atoms with E-state index in [4.69, 9.17) is 20.8 Å². The van der Waals surface area contributed by atoms with Gasteiger partial charge in [0.15, 0.2) is 5.16 Å². The van der Waals surface area contributed by atoms with Gasteiger partial charge in [-0.05, 0) is 30.3 Å². The molecule has 0 aliphatic heterocycles. The molecule has 0 radical (unpaired) electrons. The van der Waals surface area contributed by atoms with Gasteiger partial charge in [-0.1, -0.05) is 23.4 Å². The number of halogens is 1. The first kappa shape index (κ1) is 17.4. The molecule has 0 atom stereocenters. The first-order valence-corrected chi connectivity index (χ1v) is 8.68. The number of benzene rings is 1. The number of thioether (sulfide) groups is 1. The van der Waals surface area contributed by atoms with Crippen molar-refractivity contribution in [1.82, 2.24) is 14.8 Å². The number of anilines is 1. The predicted molar refractivity (Wildman–Crippen MR) is 95.2 cm³/mol. The zero-order valence-corrected chi connectivity index (χ0v) is 14.9. The van der Waals surface area contributed by atoms with Gasteiger partial charge in [0.2, 0.25) is 5.91 Å². The summed E-state index contributed by atoms with van der Waals surface area (Å²) in [6, 6.07) is 8.76.